The number of hydrogen-bond donors (Lipinski definition) is 0. The highest BCUT2D eigenvalue weighted by molar-refractivity contribution is 5.04. The number of allylic oxidation sites excluding steroid dienone is 11. The molecular weight excluding hydrogens is 336 g/mol. The molecule has 0 aliphatic carbocycles. The van der Waals surface area contributed by atoms with E-state index in [4.69, 9.17) is 0 Å². The van der Waals surface area contributed by atoms with Crippen LogP contribution in [-0.4, -0.2) is 0 Å². The summed E-state index contributed by atoms with van der Waals surface area (Å²) >= 11 is 0. The van der Waals surface area contributed by atoms with Crippen molar-refractivity contribution in [2.45, 2.75) is 103 Å². The lowest BCUT2D eigenvalue weighted by atomic mass is 10.1. The van der Waals surface area contributed by atoms with Gasteiger partial charge < -0.3 is 0 Å². The van der Waals surface area contributed by atoms with Crippen molar-refractivity contribution in [3.05, 3.63) is 73.4 Å². The Kier molecular flexibility index (Phi) is 24.0. The summed E-state index contributed by atoms with van der Waals surface area (Å²) in [7, 11) is 0. The molecule has 0 fully saturated rings. The maximum absolute atomic E-state index is 3.77. The average Bonchev–Trinajstić information content (AvgIpc) is 2.71. The second-order valence-corrected chi connectivity index (χ2v) is 7.48. The molecule has 0 unspecified atom stereocenters. The van der Waals surface area contributed by atoms with Crippen LogP contribution >= 0.6 is 0 Å². The van der Waals surface area contributed by atoms with E-state index in [9.17, 15) is 0 Å². The molecule has 0 saturated carbocycles. The van der Waals surface area contributed by atoms with Crippen LogP contribution in [0, 0.1) is 0 Å². The molecule has 28 heavy (non-hydrogen) atoms. The van der Waals surface area contributed by atoms with Crippen molar-refractivity contribution >= 4 is 0 Å². The van der Waals surface area contributed by atoms with E-state index < -0.39 is 0 Å². The summed E-state index contributed by atoms with van der Waals surface area (Å²) in [6.07, 6.45) is 43.6. The normalized spacial score (nSPS) is 12.6. The maximum Gasteiger partial charge on any atom is -0.0345 e. The molecule has 0 heterocycles. The molecule has 0 aliphatic rings. The highest BCUT2D eigenvalue weighted by Gasteiger charge is 1.90. The van der Waals surface area contributed by atoms with Crippen LogP contribution in [0.4, 0.5) is 0 Å². The Balaban J connectivity index is 3.33. The maximum atomic E-state index is 3.77. The molecule has 0 aliphatic heterocycles. The molecule has 0 aromatic heterocycles. The first-order valence-corrected chi connectivity index (χ1v) is 11.8. The Morgan fingerprint density at radius 3 is 1.21 bits per heavy atom. The van der Waals surface area contributed by atoms with Crippen LogP contribution in [0.2, 0.25) is 0 Å². The monoisotopic (exact) mass is 382 g/mol. The number of rotatable bonds is 20. The van der Waals surface area contributed by atoms with Crippen LogP contribution in [0.5, 0.6) is 0 Å². The molecule has 0 bridgehead atoms. The van der Waals surface area contributed by atoms with E-state index in [0.29, 0.717) is 0 Å². The predicted octanol–water partition coefficient (Wildman–Crippen LogP) is 9.82. The van der Waals surface area contributed by atoms with Crippen molar-refractivity contribution in [1.82, 2.24) is 0 Å². The van der Waals surface area contributed by atoms with Crippen LogP contribution in [-0.2, 0) is 0 Å². The van der Waals surface area contributed by atoms with Gasteiger partial charge in [0, 0.05) is 0 Å². The molecule has 0 amide bonds. The lowest BCUT2D eigenvalue weighted by molar-refractivity contribution is 0.584. The molecule has 0 N–H and O–H groups in total. The lowest BCUT2D eigenvalue weighted by Gasteiger charge is -1.99. The molecule has 0 saturated heterocycles. The fourth-order valence-corrected chi connectivity index (χ4v) is 3.01. The van der Waals surface area contributed by atoms with Crippen molar-refractivity contribution in [2.24, 2.45) is 0 Å². The largest absolute Gasteiger partial charge is 0.103 e. The van der Waals surface area contributed by atoms with Gasteiger partial charge in [-0.05, 0) is 71.1 Å². The molecule has 0 atom stereocenters. The van der Waals surface area contributed by atoms with Crippen LogP contribution in [0.1, 0.15) is 103 Å². The van der Waals surface area contributed by atoms with Crippen molar-refractivity contribution in [2.75, 3.05) is 0 Å². The third kappa shape index (κ3) is 24.4. The van der Waals surface area contributed by atoms with Crippen LogP contribution in [0.25, 0.3) is 0 Å². The van der Waals surface area contributed by atoms with E-state index in [1.807, 2.05) is 6.08 Å². The van der Waals surface area contributed by atoms with Gasteiger partial charge in [0.15, 0.2) is 0 Å². The smallest absolute Gasteiger partial charge is 0.0345 e. The Morgan fingerprint density at radius 1 is 0.429 bits per heavy atom. The van der Waals surface area contributed by atoms with Crippen molar-refractivity contribution in [1.29, 1.82) is 0 Å². The van der Waals surface area contributed by atoms with Crippen LogP contribution in [0.15, 0.2) is 73.4 Å². The summed E-state index contributed by atoms with van der Waals surface area (Å²) < 4.78 is 0. The molecule has 158 valence electrons. The third-order valence-corrected chi connectivity index (χ3v) is 4.76. The Labute approximate surface area is 176 Å². The van der Waals surface area contributed by atoms with E-state index in [1.54, 1.807) is 0 Å². The molecule has 0 rings (SSSR count). The molecule has 0 spiro atoms. The van der Waals surface area contributed by atoms with E-state index >= 15 is 0 Å². The van der Waals surface area contributed by atoms with Gasteiger partial charge in [0.05, 0.1) is 0 Å². The van der Waals surface area contributed by atoms with Gasteiger partial charge in [0.1, 0.15) is 0 Å². The van der Waals surface area contributed by atoms with Crippen molar-refractivity contribution in [3.63, 3.8) is 0 Å². The molecule has 0 nitrogen and oxygen atoms in total. The highest BCUT2D eigenvalue weighted by Crippen LogP contribution is 2.10. The molecule has 0 radical (unpaired) electrons. The zero-order chi connectivity index (χ0) is 20.4. The highest BCUT2D eigenvalue weighted by atomic mass is 14.0. The minimum absolute atomic E-state index is 1.17. The standard InChI is InChI=1S/C28H46/c1-3-5-7-9-11-13-15-17-19-21-23-25-27-28-26-24-22-20-18-16-14-12-10-8-6-4-2/h3-4,6,14,16,18,20,23,25,27-28H,1,5,7-13,15,17,19,21-22,24,26H2,2H3. The second-order valence-electron chi connectivity index (χ2n) is 7.48. The molecule has 0 aromatic rings. The summed E-state index contributed by atoms with van der Waals surface area (Å²) in [5.41, 5.74) is 0. The number of hydrogen-bond acceptors (Lipinski definition) is 0. The van der Waals surface area contributed by atoms with Gasteiger partial charge in [-0.2, -0.15) is 0 Å². The van der Waals surface area contributed by atoms with Crippen LogP contribution < -0.4 is 0 Å². The van der Waals surface area contributed by atoms with Crippen molar-refractivity contribution < 1.29 is 0 Å². The lowest BCUT2D eigenvalue weighted by Crippen LogP contribution is -1.80. The minimum Gasteiger partial charge on any atom is -0.103 e. The second kappa shape index (κ2) is 25.4. The average molecular weight is 383 g/mol. The first-order chi connectivity index (χ1) is 13.9. The number of unbranched alkanes of at least 4 members (excludes halogenated alkanes) is 12. The first-order valence-electron chi connectivity index (χ1n) is 11.8. The SMILES string of the molecule is C=CCCCCCCCCCC=CC=CCCCC=CC=CCCCC=CC. The zero-order valence-electron chi connectivity index (χ0n) is 18.7. The van der Waals surface area contributed by atoms with Gasteiger partial charge >= 0.3 is 0 Å². The van der Waals surface area contributed by atoms with Gasteiger partial charge in [0.2, 0.25) is 0 Å². The predicted molar refractivity (Wildman–Crippen MR) is 131 cm³/mol. The fourth-order valence-electron chi connectivity index (χ4n) is 3.01. The quantitative estimate of drug-likeness (QED) is 0.112. The van der Waals surface area contributed by atoms with Gasteiger partial charge in [-0.15, -0.1) is 6.58 Å². The van der Waals surface area contributed by atoms with Gasteiger partial charge in [-0.3, -0.25) is 0 Å². The molecular formula is C28H46. The fraction of sp³-hybridized carbons (Fsp3) is 0.571. The van der Waals surface area contributed by atoms with Crippen LogP contribution in [0.3, 0.4) is 0 Å². The van der Waals surface area contributed by atoms with Gasteiger partial charge in [-0.25, -0.2) is 0 Å². The van der Waals surface area contributed by atoms with Gasteiger partial charge in [0.25, 0.3) is 0 Å². The zero-order valence-corrected chi connectivity index (χ0v) is 18.7. The summed E-state index contributed by atoms with van der Waals surface area (Å²) in [5, 5.41) is 0. The van der Waals surface area contributed by atoms with E-state index in [0.717, 1.165) is 0 Å². The van der Waals surface area contributed by atoms with E-state index in [1.165, 1.54) is 96.3 Å². The topological polar surface area (TPSA) is 0 Å². The summed E-state index contributed by atoms with van der Waals surface area (Å²) in [6.45, 7) is 5.86. The van der Waals surface area contributed by atoms with Gasteiger partial charge in [-0.1, -0.05) is 98.9 Å². The van der Waals surface area contributed by atoms with E-state index in [-0.39, 0.29) is 0 Å². The summed E-state index contributed by atoms with van der Waals surface area (Å²) in [6, 6.07) is 0. The summed E-state index contributed by atoms with van der Waals surface area (Å²) in [4.78, 5) is 0. The Morgan fingerprint density at radius 2 is 0.786 bits per heavy atom. The molecule has 0 aromatic carbocycles. The Hall–Kier alpha value is -1.56. The van der Waals surface area contributed by atoms with E-state index in [2.05, 4.69) is 74.3 Å². The van der Waals surface area contributed by atoms with Crippen molar-refractivity contribution in [3.8, 4) is 0 Å². The molecule has 0 heteroatoms. The Bertz CT molecular complexity index is 445. The first kappa shape index (κ1) is 26.4. The summed E-state index contributed by atoms with van der Waals surface area (Å²) in [5.74, 6) is 0. The third-order valence-electron chi connectivity index (χ3n) is 4.76. The minimum atomic E-state index is 1.17.